The number of amides is 2. The molecule has 1 aliphatic heterocycles. The standard InChI is InChI=1S/C24H26N4O3/c1-17-10-11-19(13-21(17)27-24(30)22-9-5-6-12-31-22)23(29)26-20-14-25-28(16-20)15-18-7-3-2-4-8-18/h2-4,7-8,10-11,13-14,16,22H,5-6,9,12,15H2,1H3,(H,26,29)(H,27,30). The summed E-state index contributed by atoms with van der Waals surface area (Å²) in [7, 11) is 0. The molecule has 2 heterocycles. The fourth-order valence-corrected chi connectivity index (χ4v) is 3.55. The van der Waals surface area contributed by atoms with E-state index in [4.69, 9.17) is 4.74 Å². The second kappa shape index (κ2) is 9.57. The lowest BCUT2D eigenvalue weighted by Gasteiger charge is -2.22. The van der Waals surface area contributed by atoms with Crippen LogP contribution in [0.4, 0.5) is 11.4 Å². The van der Waals surface area contributed by atoms with Gasteiger partial charge in [-0.1, -0.05) is 36.4 Å². The van der Waals surface area contributed by atoms with E-state index in [1.165, 1.54) is 0 Å². The van der Waals surface area contributed by atoms with Crippen molar-refractivity contribution in [3.63, 3.8) is 0 Å². The average molecular weight is 418 g/mol. The molecule has 2 amide bonds. The monoisotopic (exact) mass is 418 g/mol. The Morgan fingerprint density at radius 3 is 2.74 bits per heavy atom. The highest BCUT2D eigenvalue weighted by Crippen LogP contribution is 2.21. The van der Waals surface area contributed by atoms with Gasteiger partial charge >= 0.3 is 0 Å². The van der Waals surface area contributed by atoms with Crippen molar-refractivity contribution in [3.8, 4) is 0 Å². The Bertz CT molecular complexity index is 1060. The number of carbonyl (C=O) groups excluding carboxylic acids is 2. The van der Waals surface area contributed by atoms with Gasteiger partial charge < -0.3 is 15.4 Å². The van der Waals surface area contributed by atoms with Gasteiger partial charge in [-0.2, -0.15) is 5.10 Å². The van der Waals surface area contributed by atoms with Crippen molar-refractivity contribution in [1.29, 1.82) is 0 Å². The van der Waals surface area contributed by atoms with Gasteiger partial charge in [0.15, 0.2) is 0 Å². The van der Waals surface area contributed by atoms with Gasteiger partial charge in [0, 0.05) is 24.1 Å². The average Bonchev–Trinajstić information content (AvgIpc) is 3.23. The fourth-order valence-electron chi connectivity index (χ4n) is 3.55. The molecule has 3 aromatic rings. The third-order valence-electron chi connectivity index (χ3n) is 5.31. The van der Waals surface area contributed by atoms with Crippen molar-refractivity contribution in [2.75, 3.05) is 17.2 Å². The number of hydrogen-bond acceptors (Lipinski definition) is 4. The van der Waals surface area contributed by atoms with E-state index in [1.54, 1.807) is 29.2 Å². The summed E-state index contributed by atoms with van der Waals surface area (Å²) in [6.07, 6.45) is 5.68. The summed E-state index contributed by atoms with van der Waals surface area (Å²) in [5.41, 5.74) is 3.70. The van der Waals surface area contributed by atoms with Crippen LogP contribution in [-0.2, 0) is 16.1 Å². The molecule has 160 valence electrons. The summed E-state index contributed by atoms with van der Waals surface area (Å²) in [4.78, 5) is 25.2. The van der Waals surface area contributed by atoms with Crippen molar-refractivity contribution < 1.29 is 14.3 Å². The molecule has 1 atom stereocenters. The molecule has 1 aliphatic rings. The van der Waals surface area contributed by atoms with Gasteiger partial charge in [0.25, 0.3) is 11.8 Å². The van der Waals surface area contributed by atoms with Crippen LogP contribution in [0.25, 0.3) is 0 Å². The summed E-state index contributed by atoms with van der Waals surface area (Å²) in [6, 6.07) is 15.3. The number of nitrogens with one attached hydrogen (secondary N) is 2. The first-order chi connectivity index (χ1) is 15.1. The Labute approximate surface area is 181 Å². The third kappa shape index (κ3) is 5.38. The Hall–Kier alpha value is -3.45. The molecule has 31 heavy (non-hydrogen) atoms. The van der Waals surface area contributed by atoms with Crippen LogP contribution in [0.15, 0.2) is 60.9 Å². The molecule has 7 nitrogen and oxygen atoms in total. The van der Waals surface area contributed by atoms with Gasteiger partial charge in [0.2, 0.25) is 0 Å². The summed E-state index contributed by atoms with van der Waals surface area (Å²) < 4.78 is 7.33. The Morgan fingerprint density at radius 2 is 1.97 bits per heavy atom. The van der Waals surface area contributed by atoms with Crippen LogP contribution in [0.3, 0.4) is 0 Å². The van der Waals surface area contributed by atoms with Gasteiger partial charge in [-0.3, -0.25) is 14.3 Å². The van der Waals surface area contributed by atoms with Gasteiger partial charge in [0.05, 0.1) is 18.4 Å². The molecule has 4 rings (SSSR count). The highest BCUT2D eigenvalue weighted by atomic mass is 16.5. The van der Waals surface area contributed by atoms with E-state index in [0.717, 1.165) is 30.4 Å². The molecule has 0 saturated carbocycles. The minimum absolute atomic E-state index is 0.164. The van der Waals surface area contributed by atoms with Gasteiger partial charge in [-0.15, -0.1) is 0 Å². The van der Waals surface area contributed by atoms with E-state index in [1.807, 2.05) is 43.3 Å². The number of anilines is 2. The van der Waals surface area contributed by atoms with Crippen molar-refractivity contribution in [1.82, 2.24) is 9.78 Å². The van der Waals surface area contributed by atoms with E-state index in [0.29, 0.717) is 30.1 Å². The molecule has 7 heteroatoms. The summed E-state index contributed by atoms with van der Waals surface area (Å²) in [6.45, 7) is 3.13. The topological polar surface area (TPSA) is 85.3 Å². The van der Waals surface area contributed by atoms with Crippen LogP contribution in [0.2, 0.25) is 0 Å². The van der Waals surface area contributed by atoms with E-state index in [-0.39, 0.29) is 11.8 Å². The molecular weight excluding hydrogens is 392 g/mol. The summed E-state index contributed by atoms with van der Waals surface area (Å²) in [5.74, 6) is -0.425. The molecule has 1 saturated heterocycles. The fraction of sp³-hybridized carbons (Fsp3) is 0.292. The molecule has 2 aromatic carbocycles. The van der Waals surface area contributed by atoms with Gasteiger partial charge in [-0.05, 0) is 49.4 Å². The molecule has 0 radical (unpaired) electrons. The van der Waals surface area contributed by atoms with E-state index < -0.39 is 6.10 Å². The van der Waals surface area contributed by atoms with Crippen LogP contribution < -0.4 is 10.6 Å². The molecule has 0 bridgehead atoms. The van der Waals surface area contributed by atoms with Crippen molar-refractivity contribution >= 4 is 23.2 Å². The number of hydrogen-bond donors (Lipinski definition) is 2. The van der Waals surface area contributed by atoms with Crippen LogP contribution in [0.5, 0.6) is 0 Å². The van der Waals surface area contributed by atoms with Crippen LogP contribution >= 0.6 is 0 Å². The number of benzene rings is 2. The Balaban J connectivity index is 1.40. The number of rotatable bonds is 6. The second-order valence-electron chi connectivity index (χ2n) is 7.74. The van der Waals surface area contributed by atoms with Crippen LogP contribution in [0.1, 0.15) is 40.7 Å². The van der Waals surface area contributed by atoms with Gasteiger partial charge in [0.1, 0.15) is 6.10 Å². The van der Waals surface area contributed by atoms with Crippen molar-refractivity contribution in [3.05, 3.63) is 77.6 Å². The molecule has 2 N–H and O–H groups in total. The third-order valence-corrected chi connectivity index (χ3v) is 5.31. The second-order valence-corrected chi connectivity index (χ2v) is 7.74. The Morgan fingerprint density at radius 1 is 1.13 bits per heavy atom. The van der Waals surface area contributed by atoms with Crippen LogP contribution in [-0.4, -0.2) is 34.3 Å². The zero-order valence-corrected chi connectivity index (χ0v) is 17.5. The highest BCUT2D eigenvalue weighted by molar-refractivity contribution is 6.05. The lowest BCUT2D eigenvalue weighted by Crippen LogP contribution is -2.33. The predicted octanol–water partition coefficient (Wildman–Crippen LogP) is 4.00. The maximum absolute atomic E-state index is 12.7. The van der Waals surface area contributed by atoms with Gasteiger partial charge in [-0.25, -0.2) is 0 Å². The molecule has 0 aliphatic carbocycles. The van der Waals surface area contributed by atoms with Crippen molar-refractivity contribution in [2.24, 2.45) is 0 Å². The molecule has 1 aromatic heterocycles. The maximum Gasteiger partial charge on any atom is 0.255 e. The van der Waals surface area contributed by atoms with E-state index in [2.05, 4.69) is 15.7 Å². The van der Waals surface area contributed by atoms with E-state index in [9.17, 15) is 9.59 Å². The number of aryl methyl sites for hydroxylation is 1. The molecular formula is C24H26N4O3. The minimum Gasteiger partial charge on any atom is -0.368 e. The predicted molar refractivity (Wildman–Crippen MR) is 119 cm³/mol. The first kappa shape index (κ1) is 20.8. The highest BCUT2D eigenvalue weighted by Gasteiger charge is 2.22. The minimum atomic E-state index is -0.430. The van der Waals surface area contributed by atoms with E-state index >= 15 is 0 Å². The first-order valence-corrected chi connectivity index (χ1v) is 10.5. The number of ether oxygens (including phenoxy) is 1. The van der Waals surface area contributed by atoms with Crippen LogP contribution in [0, 0.1) is 6.92 Å². The maximum atomic E-state index is 12.7. The normalized spacial score (nSPS) is 16.0. The molecule has 1 unspecified atom stereocenters. The number of aromatic nitrogens is 2. The zero-order valence-electron chi connectivity index (χ0n) is 17.5. The zero-order chi connectivity index (χ0) is 21.6. The molecule has 0 spiro atoms. The smallest absolute Gasteiger partial charge is 0.255 e. The lowest BCUT2D eigenvalue weighted by atomic mass is 10.1. The van der Waals surface area contributed by atoms with Crippen molar-refractivity contribution in [2.45, 2.75) is 38.8 Å². The lowest BCUT2D eigenvalue weighted by molar-refractivity contribution is -0.129. The molecule has 1 fully saturated rings. The Kier molecular flexibility index (Phi) is 6.43. The quantitative estimate of drug-likeness (QED) is 0.634. The number of nitrogens with zero attached hydrogens (tertiary/aromatic N) is 2. The first-order valence-electron chi connectivity index (χ1n) is 10.5. The summed E-state index contributed by atoms with van der Waals surface area (Å²) >= 11 is 0. The largest absolute Gasteiger partial charge is 0.368 e. The summed E-state index contributed by atoms with van der Waals surface area (Å²) in [5, 5.41) is 10.1. The number of carbonyl (C=O) groups is 2. The SMILES string of the molecule is Cc1ccc(C(=O)Nc2cnn(Cc3ccccc3)c2)cc1NC(=O)C1CCCCO1.